The smallest absolute Gasteiger partial charge is 0.0465 e. The molecule has 56 heavy (non-hydrogen) atoms. The van der Waals surface area contributed by atoms with Crippen molar-refractivity contribution in [3.63, 3.8) is 0 Å². The van der Waals surface area contributed by atoms with E-state index in [0.29, 0.717) is 11.3 Å². The lowest BCUT2D eigenvalue weighted by molar-refractivity contribution is -0.00518. The van der Waals surface area contributed by atoms with E-state index in [1.807, 2.05) is 0 Å². The molecule has 0 aliphatic heterocycles. The van der Waals surface area contributed by atoms with E-state index in [9.17, 15) is 0 Å². The zero-order chi connectivity index (χ0) is 37.4. The van der Waals surface area contributed by atoms with Crippen LogP contribution in [0.2, 0.25) is 0 Å². The van der Waals surface area contributed by atoms with Crippen molar-refractivity contribution in [2.75, 3.05) is 4.90 Å². The van der Waals surface area contributed by atoms with Gasteiger partial charge in [-0.3, -0.25) is 0 Å². The van der Waals surface area contributed by atoms with Gasteiger partial charge in [-0.15, -0.1) is 0 Å². The third-order valence-corrected chi connectivity index (χ3v) is 15.2. The third kappa shape index (κ3) is 5.71. The Labute approximate surface area is 334 Å². The van der Waals surface area contributed by atoms with Gasteiger partial charge in [-0.25, -0.2) is 0 Å². The number of rotatable bonds is 7. The van der Waals surface area contributed by atoms with Crippen molar-refractivity contribution in [1.29, 1.82) is 0 Å². The Morgan fingerprint density at radius 1 is 0.482 bits per heavy atom. The van der Waals surface area contributed by atoms with Crippen molar-refractivity contribution in [3.05, 3.63) is 162 Å². The molecule has 6 aromatic carbocycles. The summed E-state index contributed by atoms with van der Waals surface area (Å²) in [7, 11) is 0. The van der Waals surface area contributed by atoms with E-state index in [0.717, 1.165) is 17.8 Å². The van der Waals surface area contributed by atoms with Crippen LogP contribution in [0.5, 0.6) is 0 Å². The molecule has 280 valence electrons. The average molecular weight is 730 g/mol. The van der Waals surface area contributed by atoms with E-state index in [2.05, 4.69) is 158 Å². The van der Waals surface area contributed by atoms with Gasteiger partial charge in [0.05, 0.1) is 0 Å². The first-order chi connectivity index (χ1) is 27.4. The minimum atomic E-state index is -0.117. The zero-order valence-electron chi connectivity index (χ0n) is 33.3. The highest BCUT2D eigenvalue weighted by atomic mass is 15.1. The first-order valence-corrected chi connectivity index (χ1v) is 21.9. The number of hydrogen-bond acceptors (Lipinski definition) is 1. The molecule has 1 heteroatoms. The second kappa shape index (κ2) is 13.4. The Morgan fingerprint density at radius 3 is 1.71 bits per heavy atom. The standard InChI is InChI=1S/C55H55N/c1-54(2)51-15-9-14-49(44-12-7-4-8-13-44)53(51)50-29-28-48(33-52(50)54)56(46-24-18-42(19-25-46)40-10-5-3-6-11-40)47-26-20-43(21-27-47)41-16-22-45(23-17-41)55-34-37-30-38(35-55)32-39(31-37)36-55/h4,7-9,12-29,33,37-40H,3,5-6,10-11,30-32,34-36H2,1-2H3. The summed E-state index contributed by atoms with van der Waals surface area (Å²) in [5.74, 6) is 3.61. The molecule has 5 saturated carbocycles. The maximum absolute atomic E-state index is 2.49. The first kappa shape index (κ1) is 34.4. The van der Waals surface area contributed by atoms with Gasteiger partial charge in [0.2, 0.25) is 0 Å². The molecule has 0 aromatic heterocycles. The lowest BCUT2D eigenvalue weighted by atomic mass is 9.48. The Kier molecular flexibility index (Phi) is 8.20. The molecule has 4 bridgehead atoms. The summed E-state index contributed by atoms with van der Waals surface area (Å²) >= 11 is 0. The van der Waals surface area contributed by atoms with Crippen molar-refractivity contribution >= 4 is 17.1 Å². The first-order valence-electron chi connectivity index (χ1n) is 21.9. The fourth-order valence-electron chi connectivity index (χ4n) is 12.8. The molecule has 0 unspecified atom stereocenters. The molecule has 12 rings (SSSR count). The molecule has 6 aromatic rings. The molecule has 0 heterocycles. The van der Waals surface area contributed by atoms with Crippen LogP contribution in [0.25, 0.3) is 33.4 Å². The lowest BCUT2D eigenvalue weighted by Crippen LogP contribution is -2.48. The average Bonchev–Trinajstić information content (AvgIpc) is 3.47. The molecule has 0 radical (unpaired) electrons. The highest BCUT2D eigenvalue weighted by molar-refractivity contribution is 5.94. The molecular weight excluding hydrogens is 675 g/mol. The second-order valence-corrected chi connectivity index (χ2v) is 19.0. The highest BCUT2D eigenvalue weighted by Gasteiger charge is 2.51. The SMILES string of the molecule is CC1(C)c2cc(N(c3ccc(-c4ccc(C56CC7CC(CC(C7)C5)C6)cc4)cc3)c3ccc(C4CCCCC4)cc3)ccc2-c2c(-c3ccccc3)cccc21. The molecular formula is C55H55N. The van der Waals surface area contributed by atoms with Crippen molar-refractivity contribution in [3.8, 4) is 33.4 Å². The molecule has 6 aliphatic carbocycles. The number of anilines is 3. The van der Waals surface area contributed by atoms with Gasteiger partial charge in [0.25, 0.3) is 0 Å². The summed E-state index contributed by atoms with van der Waals surface area (Å²) in [5.41, 5.74) is 17.8. The van der Waals surface area contributed by atoms with E-state index in [1.165, 1.54) is 138 Å². The van der Waals surface area contributed by atoms with Crippen LogP contribution in [0.1, 0.15) is 113 Å². The summed E-state index contributed by atoms with van der Waals surface area (Å²) in [6.07, 6.45) is 15.5. The summed E-state index contributed by atoms with van der Waals surface area (Å²) < 4.78 is 0. The van der Waals surface area contributed by atoms with Crippen molar-refractivity contribution < 1.29 is 0 Å². The number of benzene rings is 6. The minimum Gasteiger partial charge on any atom is -0.310 e. The van der Waals surface area contributed by atoms with E-state index in [4.69, 9.17) is 0 Å². The van der Waals surface area contributed by atoms with Crippen molar-refractivity contribution in [2.24, 2.45) is 17.8 Å². The molecule has 0 spiro atoms. The second-order valence-electron chi connectivity index (χ2n) is 19.0. The van der Waals surface area contributed by atoms with Crippen LogP contribution < -0.4 is 4.90 Å². The van der Waals surface area contributed by atoms with Gasteiger partial charge in [-0.05, 0) is 172 Å². The van der Waals surface area contributed by atoms with Gasteiger partial charge in [-0.1, -0.05) is 136 Å². The third-order valence-electron chi connectivity index (χ3n) is 15.2. The molecule has 6 aliphatic rings. The van der Waals surface area contributed by atoms with Gasteiger partial charge in [0, 0.05) is 22.5 Å². The number of hydrogen-bond donors (Lipinski definition) is 0. The molecule has 0 N–H and O–H groups in total. The number of fused-ring (bicyclic) bond motifs is 3. The Bertz CT molecular complexity index is 2340. The van der Waals surface area contributed by atoms with Crippen LogP contribution in [0.4, 0.5) is 17.1 Å². The maximum Gasteiger partial charge on any atom is 0.0465 e. The highest BCUT2D eigenvalue weighted by Crippen LogP contribution is 2.61. The quantitative estimate of drug-likeness (QED) is 0.158. The molecule has 0 atom stereocenters. The predicted octanol–water partition coefficient (Wildman–Crippen LogP) is 15.3. The minimum absolute atomic E-state index is 0.117. The van der Waals surface area contributed by atoms with Crippen LogP contribution in [0.3, 0.4) is 0 Å². The van der Waals surface area contributed by atoms with E-state index in [-0.39, 0.29) is 5.41 Å². The van der Waals surface area contributed by atoms with Crippen LogP contribution in [-0.2, 0) is 10.8 Å². The van der Waals surface area contributed by atoms with E-state index in [1.54, 1.807) is 5.56 Å². The zero-order valence-corrected chi connectivity index (χ0v) is 33.3. The Hall–Kier alpha value is -4.88. The van der Waals surface area contributed by atoms with Crippen molar-refractivity contribution in [1.82, 2.24) is 0 Å². The fraction of sp³-hybridized carbons (Fsp3) is 0.345. The van der Waals surface area contributed by atoms with Gasteiger partial charge in [0.1, 0.15) is 0 Å². The van der Waals surface area contributed by atoms with Gasteiger partial charge < -0.3 is 4.90 Å². The lowest BCUT2D eigenvalue weighted by Gasteiger charge is -2.57. The largest absolute Gasteiger partial charge is 0.310 e. The normalized spacial score (nSPS) is 24.5. The Morgan fingerprint density at radius 2 is 1.07 bits per heavy atom. The maximum atomic E-state index is 2.49. The van der Waals surface area contributed by atoms with Crippen LogP contribution >= 0.6 is 0 Å². The molecule has 0 saturated heterocycles. The van der Waals surface area contributed by atoms with Gasteiger partial charge in [0.15, 0.2) is 0 Å². The van der Waals surface area contributed by atoms with Crippen LogP contribution in [0.15, 0.2) is 140 Å². The topological polar surface area (TPSA) is 3.24 Å². The van der Waals surface area contributed by atoms with Crippen LogP contribution in [0, 0.1) is 17.8 Å². The molecule has 0 amide bonds. The predicted molar refractivity (Wildman–Crippen MR) is 235 cm³/mol. The van der Waals surface area contributed by atoms with E-state index < -0.39 is 0 Å². The fourth-order valence-corrected chi connectivity index (χ4v) is 12.8. The summed E-state index contributed by atoms with van der Waals surface area (Å²) in [6, 6.07) is 53.8. The Balaban J connectivity index is 0.951. The molecule has 5 fully saturated rings. The van der Waals surface area contributed by atoms with Gasteiger partial charge >= 0.3 is 0 Å². The van der Waals surface area contributed by atoms with Crippen LogP contribution in [-0.4, -0.2) is 0 Å². The summed E-state index contributed by atoms with van der Waals surface area (Å²) in [5, 5.41) is 0. The summed E-state index contributed by atoms with van der Waals surface area (Å²) in [6.45, 7) is 4.81. The van der Waals surface area contributed by atoms with E-state index >= 15 is 0 Å². The number of nitrogens with zero attached hydrogens (tertiary/aromatic N) is 1. The van der Waals surface area contributed by atoms with Crippen molar-refractivity contribution in [2.45, 2.75) is 101 Å². The summed E-state index contributed by atoms with van der Waals surface area (Å²) in [4.78, 5) is 2.49. The monoisotopic (exact) mass is 729 g/mol. The van der Waals surface area contributed by atoms with Gasteiger partial charge in [-0.2, -0.15) is 0 Å². The molecule has 1 nitrogen and oxygen atoms in total.